The Bertz CT molecular complexity index is 1350. The number of anilines is 1. The molecule has 0 aromatic heterocycles. The minimum atomic E-state index is 0.322. The molecular weight excluding hydrogens is 472 g/mol. The Morgan fingerprint density at radius 2 is 1.41 bits per heavy atom. The van der Waals surface area contributed by atoms with Crippen LogP contribution in [-0.4, -0.2) is 17.0 Å². The number of hydrogen-bond acceptors (Lipinski definition) is 2. The SMILES string of the molecule is CC1C=CC=CC1N(C1=CCCC=C1)c1ccc(C2=CCC(N(C3=CCCC=C3)C3=CC=CCC3)C=C2)cc1. The predicted molar refractivity (Wildman–Crippen MR) is 167 cm³/mol. The molecule has 1 aromatic rings. The Balaban J connectivity index is 1.22. The lowest BCUT2D eigenvalue weighted by Crippen LogP contribution is -2.38. The van der Waals surface area contributed by atoms with E-state index in [1.54, 1.807) is 0 Å². The molecule has 5 aliphatic rings. The zero-order chi connectivity index (χ0) is 26.4. The van der Waals surface area contributed by atoms with Gasteiger partial charge in [0.2, 0.25) is 0 Å². The van der Waals surface area contributed by atoms with Crippen LogP contribution in [0.1, 0.15) is 57.4 Å². The zero-order valence-corrected chi connectivity index (χ0v) is 23.1. The first-order valence-electron chi connectivity index (χ1n) is 14.8. The number of allylic oxidation sites excluding steroid dienone is 14. The molecule has 0 saturated heterocycles. The van der Waals surface area contributed by atoms with E-state index in [1.165, 1.54) is 33.9 Å². The van der Waals surface area contributed by atoms with Crippen LogP contribution in [0, 0.1) is 5.92 Å². The molecule has 0 heterocycles. The highest BCUT2D eigenvalue weighted by atomic mass is 15.2. The van der Waals surface area contributed by atoms with E-state index in [-0.39, 0.29) is 0 Å². The highest BCUT2D eigenvalue weighted by Gasteiger charge is 2.26. The predicted octanol–water partition coefficient (Wildman–Crippen LogP) is 9.34. The second kappa shape index (κ2) is 11.9. The Labute approximate surface area is 234 Å². The molecule has 5 aliphatic carbocycles. The zero-order valence-electron chi connectivity index (χ0n) is 23.1. The van der Waals surface area contributed by atoms with Gasteiger partial charge in [-0.15, -0.1) is 0 Å². The van der Waals surface area contributed by atoms with E-state index in [9.17, 15) is 0 Å². The van der Waals surface area contributed by atoms with Crippen LogP contribution < -0.4 is 4.90 Å². The molecule has 0 radical (unpaired) electrons. The van der Waals surface area contributed by atoms with Gasteiger partial charge in [-0.3, -0.25) is 0 Å². The molecule has 0 aliphatic heterocycles. The average molecular weight is 513 g/mol. The Kier molecular flexibility index (Phi) is 7.81. The summed E-state index contributed by atoms with van der Waals surface area (Å²) in [5, 5.41) is 0. The van der Waals surface area contributed by atoms with Crippen LogP contribution in [-0.2, 0) is 0 Å². The number of benzene rings is 1. The van der Waals surface area contributed by atoms with E-state index in [0.29, 0.717) is 18.0 Å². The summed E-state index contributed by atoms with van der Waals surface area (Å²) >= 11 is 0. The highest BCUT2D eigenvalue weighted by Crippen LogP contribution is 2.35. The lowest BCUT2D eigenvalue weighted by atomic mass is 9.92. The second-order valence-corrected chi connectivity index (χ2v) is 11.1. The highest BCUT2D eigenvalue weighted by molar-refractivity contribution is 5.76. The van der Waals surface area contributed by atoms with Crippen molar-refractivity contribution in [3.63, 3.8) is 0 Å². The third kappa shape index (κ3) is 5.66. The molecule has 2 nitrogen and oxygen atoms in total. The molecule has 0 bridgehead atoms. The van der Waals surface area contributed by atoms with Crippen molar-refractivity contribution in [3.8, 4) is 0 Å². The van der Waals surface area contributed by atoms with Gasteiger partial charge in [0.1, 0.15) is 0 Å². The molecule has 198 valence electrons. The summed E-state index contributed by atoms with van der Waals surface area (Å²) in [5.74, 6) is 0.457. The number of hydrogen-bond donors (Lipinski definition) is 0. The Morgan fingerprint density at radius 3 is 2.03 bits per heavy atom. The summed E-state index contributed by atoms with van der Waals surface area (Å²) in [6, 6.07) is 9.90. The topological polar surface area (TPSA) is 6.48 Å². The molecule has 0 saturated carbocycles. The van der Waals surface area contributed by atoms with Crippen molar-refractivity contribution < 1.29 is 0 Å². The lowest BCUT2D eigenvalue weighted by molar-refractivity contribution is 0.356. The van der Waals surface area contributed by atoms with Crippen molar-refractivity contribution in [2.45, 2.75) is 64.0 Å². The number of rotatable bonds is 7. The maximum Gasteiger partial charge on any atom is 0.0585 e. The molecule has 3 atom stereocenters. The molecule has 0 N–H and O–H groups in total. The van der Waals surface area contributed by atoms with Gasteiger partial charge in [-0.05, 0) is 92.4 Å². The molecule has 3 unspecified atom stereocenters. The molecule has 39 heavy (non-hydrogen) atoms. The van der Waals surface area contributed by atoms with Gasteiger partial charge < -0.3 is 9.80 Å². The summed E-state index contributed by atoms with van der Waals surface area (Å²) in [6.07, 6.45) is 44.8. The van der Waals surface area contributed by atoms with E-state index >= 15 is 0 Å². The van der Waals surface area contributed by atoms with Gasteiger partial charge in [0.25, 0.3) is 0 Å². The fraction of sp³-hybridized carbons (Fsp3) is 0.297. The molecule has 6 rings (SSSR count). The second-order valence-electron chi connectivity index (χ2n) is 11.1. The molecular formula is C37H40N2. The van der Waals surface area contributed by atoms with Gasteiger partial charge >= 0.3 is 0 Å². The molecule has 0 amide bonds. The Morgan fingerprint density at radius 1 is 0.667 bits per heavy atom. The first-order valence-corrected chi connectivity index (χ1v) is 14.8. The van der Waals surface area contributed by atoms with Gasteiger partial charge in [0.15, 0.2) is 0 Å². The van der Waals surface area contributed by atoms with Gasteiger partial charge in [-0.25, -0.2) is 0 Å². The third-order valence-electron chi connectivity index (χ3n) is 8.37. The summed E-state index contributed by atoms with van der Waals surface area (Å²) in [6.45, 7) is 2.31. The maximum absolute atomic E-state index is 2.57. The van der Waals surface area contributed by atoms with E-state index in [4.69, 9.17) is 0 Å². The van der Waals surface area contributed by atoms with Crippen molar-refractivity contribution in [1.29, 1.82) is 0 Å². The molecule has 1 aromatic carbocycles. The molecule has 0 spiro atoms. The summed E-state index contributed by atoms with van der Waals surface area (Å²) in [4.78, 5) is 5.09. The minimum absolute atomic E-state index is 0.322. The monoisotopic (exact) mass is 512 g/mol. The van der Waals surface area contributed by atoms with Crippen molar-refractivity contribution in [2.75, 3.05) is 4.90 Å². The third-order valence-corrected chi connectivity index (χ3v) is 8.37. The van der Waals surface area contributed by atoms with E-state index < -0.39 is 0 Å². The molecule has 2 heteroatoms. The van der Waals surface area contributed by atoms with E-state index in [0.717, 1.165) is 44.9 Å². The maximum atomic E-state index is 2.57. The van der Waals surface area contributed by atoms with Crippen molar-refractivity contribution >= 4 is 11.3 Å². The van der Waals surface area contributed by atoms with E-state index in [1.807, 2.05) is 0 Å². The van der Waals surface area contributed by atoms with E-state index in [2.05, 4.69) is 138 Å². The largest absolute Gasteiger partial charge is 0.338 e. The van der Waals surface area contributed by atoms with Crippen molar-refractivity contribution in [3.05, 3.63) is 144 Å². The average Bonchev–Trinajstić information content (AvgIpc) is 3.01. The van der Waals surface area contributed by atoms with Crippen LogP contribution in [0.4, 0.5) is 5.69 Å². The first kappa shape index (κ1) is 25.5. The summed E-state index contributed by atoms with van der Waals surface area (Å²) < 4.78 is 0. The van der Waals surface area contributed by atoms with Gasteiger partial charge in [0, 0.05) is 22.8 Å². The van der Waals surface area contributed by atoms with Crippen molar-refractivity contribution in [2.24, 2.45) is 5.92 Å². The summed E-state index contributed by atoms with van der Waals surface area (Å²) in [5.41, 5.74) is 7.95. The van der Waals surface area contributed by atoms with Gasteiger partial charge in [-0.2, -0.15) is 0 Å². The standard InChI is InChI=1S/C37H40N2/c1-29-13-11-12-20-37(29)39(34-18-9-4-10-19-34)36-27-23-31(24-28-36)30-21-25-35(26-22-30)38(32-14-5-2-6-15-32)33-16-7-3-8-17-33/h2,5,7,9,11-14,16-25,27-29,35,37H,3-4,6,8,10,15,26H2,1H3. The van der Waals surface area contributed by atoms with Crippen LogP contribution in [0.15, 0.2) is 139 Å². The molecule has 0 fully saturated rings. The van der Waals surface area contributed by atoms with Crippen LogP contribution in [0.3, 0.4) is 0 Å². The smallest absolute Gasteiger partial charge is 0.0585 e. The van der Waals surface area contributed by atoms with Crippen LogP contribution in [0.2, 0.25) is 0 Å². The fourth-order valence-electron chi connectivity index (χ4n) is 6.27. The lowest BCUT2D eigenvalue weighted by Gasteiger charge is -2.37. The Hall–Kier alpha value is -3.78. The number of nitrogens with zero attached hydrogens (tertiary/aromatic N) is 2. The van der Waals surface area contributed by atoms with Crippen molar-refractivity contribution in [1.82, 2.24) is 4.90 Å². The minimum Gasteiger partial charge on any atom is -0.338 e. The summed E-state index contributed by atoms with van der Waals surface area (Å²) in [7, 11) is 0. The van der Waals surface area contributed by atoms with Crippen LogP contribution >= 0.6 is 0 Å². The first-order chi connectivity index (χ1) is 19.3. The quantitative estimate of drug-likeness (QED) is 0.359. The van der Waals surface area contributed by atoms with Gasteiger partial charge in [0.05, 0.1) is 12.1 Å². The normalized spacial score (nSPS) is 25.6. The van der Waals surface area contributed by atoms with Gasteiger partial charge in [-0.1, -0.05) is 98.0 Å². The van der Waals surface area contributed by atoms with Crippen LogP contribution in [0.5, 0.6) is 0 Å². The fourth-order valence-corrected chi connectivity index (χ4v) is 6.27. The van der Waals surface area contributed by atoms with Crippen LogP contribution in [0.25, 0.3) is 5.57 Å².